The minimum atomic E-state index is -0.00595. The zero-order valence-corrected chi connectivity index (χ0v) is 9.99. The first-order valence-electron chi connectivity index (χ1n) is 5.89. The second-order valence-electron chi connectivity index (χ2n) is 4.96. The lowest BCUT2D eigenvalue weighted by molar-refractivity contribution is -0.104. The summed E-state index contributed by atoms with van der Waals surface area (Å²) in [5.74, 6) is 0. The summed E-state index contributed by atoms with van der Waals surface area (Å²) in [5, 5.41) is 0. The molecule has 84 valence electrons. The fourth-order valence-electron chi connectivity index (χ4n) is 2.68. The molecule has 1 aromatic rings. The van der Waals surface area contributed by atoms with Crippen LogP contribution >= 0.6 is 0 Å². The van der Waals surface area contributed by atoms with Crippen molar-refractivity contribution >= 4 is 6.29 Å². The second-order valence-corrected chi connectivity index (χ2v) is 4.96. The van der Waals surface area contributed by atoms with Crippen LogP contribution in [0.1, 0.15) is 37.8 Å². The molecule has 1 nitrogen and oxygen atoms in total. The van der Waals surface area contributed by atoms with Crippen LogP contribution in [0.3, 0.4) is 0 Å². The summed E-state index contributed by atoms with van der Waals surface area (Å²) in [5.41, 5.74) is 4.06. The van der Waals surface area contributed by atoms with E-state index in [1.807, 2.05) is 0 Å². The van der Waals surface area contributed by atoms with Crippen molar-refractivity contribution in [2.24, 2.45) is 0 Å². The van der Waals surface area contributed by atoms with E-state index in [2.05, 4.69) is 38.1 Å². The quantitative estimate of drug-likeness (QED) is 0.397. The predicted molar refractivity (Wildman–Crippen MR) is 66.6 cm³/mol. The molecule has 1 aliphatic carbocycles. The molecule has 0 saturated heterocycles. The average molecular weight is 214 g/mol. The van der Waals surface area contributed by atoms with Crippen LogP contribution in [0.4, 0.5) is 0 Å². The van der Waals surface area contributed by atoms with E-state index in [1.54, 1.807) is 6.08 Å². The van der Waals surface area contributed by atoms with Gasteiger partial charge in [-0.1, -0.05) is 43.7 Å². The molecule has 0 spiro atoms. The second kappa shape index (κ2) is 4.25. The molecule has 0 bridgehead atoms. The van der Waals surface area contributed by atoms with E-state index in [4.69, 9.17) is 0 Å². The van der Waals surface area contributed by atoms with E-state index in [0.717, 1.165) is 25.5 Å². The van der Waals surface area contributed by atoms with Gasteiger partial charge in [0.15, 0.2) is 0 Å². The summed E-state index contributed by atoms with van der Waals surface area (Å²) in [7, 11) is 0. The highest BCUT2D eigenvalue weighted by Crippen LogP contribution is 2.39. The number of benzene rings is 1. The summed E-state index contributed by atoms with van der Waals surface area (Å²) in [6, 6.07) is 8.59. The Bertz CT molecular complexity index is 427. The first-order chi connectivity index (χ1) is 7.66. The monoisotopic (exact) mass is 214 g/mol. The van der Waals surface area contributed by atoms with Crippen LogP contribution in [0.25, 0.3) is 0 Å². The number of allylic oxidation sites excluding steroid dienone is 2. The number of aldehydes is 1. The Morgan fingerprint density at radius 2 is 1.94 bits per heavy atom. The molecule has 0 aromatic heterocycles. The average Bonchev–Trinajstić information content (AvgIpc) is 2.39. The van der Waals surface area contributed by atoms with Crippen molar-refractivity contribution in [3.05, 3.63) is 47.0 Å². The maximum absolute atomic E-state index is 10.7. The van der Waals surface area contributed by atoms with Gasteiger partial charge in [0.2, 0.25) is 0 Å². The van der Waals surface area contributed by atoms with Gasteiger partial charge in [0.1, 0.15) is 6.29 Å². The van der Waals surface area contributed by atoms with Crippen molar-refractivity contribution < 1.29 is 4.79 Å². The van der Waals surface area contributed by atoms with E-state index in [0.29, 0.717) is 0 Å². The number of aryl methyl sites for hydroxylation is 1. The molecule has 0 N–H and O–H groups in total. The first-order valence-corrected chi connectivity index (χ1v) is 5.89. The van der Waals surface area contributed by atoms with Gasteiger partial charge in [-0.15, -0.1) is 0 Å². The van der Waals surface area contributed by atoms with Crippen LogP contribution in [0.2, 0.25) is 0 Å². The molecule has 16 heavy (non-hydrogen) atoms. The third-order valence-corrected chi connectivity index (χ3v) is 3.65. The van der Waals surface area contributed by atoms with Gasteiger partial charge in [-0.05, 0) is 36.5 Å². The van der Waals surface area contributed by atoms with Crippen molar-refractivity contribution in [2.75, 3.05) is 0 Å². The minimum Gasteiger partial charge on any atom is -0.299 e. The van der Waals surface area contributed by atoms with Crippen molar-refractivity contribution in [1.82, 2.24) is 0 Å². The largest absolute Gasteiger partial charge is 0.299 e. The van der Waals surface area contributed by atoms with Crippen LogP contribution < -0.4 is 0 Å². The van der Waals surface area contributed by atoms with Crippen molar-refractivity contribution in [2.45, 2.75) is 38.5 Å². The van der Waals surface area contributed by atoms with Gasteiger partial charge in [0, 0.05) is 5.41 Å². The fourth-order valence-corrected chi connectivity index (χ4v) is 2.68. The van der Waals surface area contributed by atoms with E-state index in [9.17, 15) is 4.79 Å². The number of fused-ring (bicyclic) bond motifs is 1. The lowest BCUT2D eigenvalue weighted by Crippen LogP contribution is -2.20. The molecule has 1 heteroatoms. The highest BCUT2D eigenvalue weighted by atomic mass is 16.1. The van der Waals surface area contributed by atoms with Gasteiger partial charge >= 0.3 is 0 Å². The van der Waals surface area contributed by atoms with Crippen LogP contribution in [0, 0.1) is 0 Å². The Morgan fingerprint density at radius 1 is 1.19 bits per heavy atom. The van der Waals surface area contributed by atoms with Crippen LogP contribution in [0.15, 0.2) is 35.9 Å². The number of carbonyl (C=O) groups excluding carboxylic acids is 1. The van der Waals surface area contributed by atoms with Gasteiger partial charge in [-0.2, -0.15) is 0 Å². The molecule has 2 rings (SSSR count). The first kappa shape index (κ1) is 11.1. The molecule has 0 heterocycles. The van der Waals surface area contributed by atoms with E-state index in [-0.39, 0.29) is 5.41 Å². The molecule has 1 aromatic carbocycles. The van der Waals surface area contributed by atoms with Crippen LogP contribution in [-0.2, 0) is 16.6 Å². The maximum Gasteiger partial charge on any atom is 0.142 e. The Balaban J connectivity index is 2.55. The van der Waals surface area contributed by atoms with Crippen LogP contribution in [0.5, 0.6) is 0 Å². The number of hydrogen-bond donors (Lipinski definition) is 0. The van der Waals surface area contributed by atoms with Crippen LogP contribution in [-0.4, -0.2) is 6.29 Å². The van der Waals surface area contributed by atoms with Gasteiger partial charge in [0.25, 0.3) is 0 Å². The van der Waals surface area contributed by atoms with Gasteiger partial charge in [-0.3, -0.25) is 4.79 Å². The minimum absolute atomic E-state index is 0.00595. The molecule has 0 aliphatic heterocycles. The van der Waals surface area contributed by atoms with Crippen molar-refractivity contribution in [1.29, 1.82) is 0 Å². The molecule has 0 atom stereocenters. The molecule has 0 saturated carbocycles. The smallest absolute Gasteiger partial charge is 0.142 e. The number of hydrogen-bond acceptors (Lipinski definition) is 1. The van der Waals surface area contributed by atoms with Gasteiger partial charge < -0.3 is 0 Å². The third kappa shape index (κ3) is 1.82. The maximum atomic E-state index is 10.7. The third-order valence-electron chi connectivity index (χ3n) is 3.65. The Morgan fingerprint density at radius 3 is 2.69 bits per heavy atom. The lowest BCUT2D eigenvalue weighted by Gasteiger charge is -2.28. The molecule has 0 unspecified atom stereocenters. The number of carbonyl (C=O) groups is 1. The molecule has 1 aliphatic rings. The topological polar surface area (TPSA) is 17.1 Å². The number of rotatable bonds is 1. The van der Waals surface area contributed by atoms with Crippen molar-refractivity contribution in [3.63, 3.8) is 0 Å². The SMILES string of the molecule is CC1(C)/C(=C/C=O)CCCc2ccccc21. The standard InChI is InChI=1S/C15H18O/c1-15(2)13(10-11-16)8-5-7-12-6-3-4-9-14(12)15/h3-4,6,9-11H,5,7-8H2,1-2H3/b13-10+. The summed E-state index contributed by atoms with van der Waals surface area (Å²) in [4.78, 5) is 10.7. The molecular formula is C15H18O. The Kier molecular flexibility index (Phi) is 2.95. The lowest BCUT2D eigenvalue weighted by atomic mass is 9.76. The summed E-state index contributed by atoms with van der Waals surface area (Å²) < 4.78 is 0. The molecule has 0 fully saturated rings. The Labute approximate surface area is 97.2 Å². The predicted octanol–water partition coefficient (Wildman–Crippen LogP) is 3.43. The van der Waals surface area contributed by atoms with Gasteiger partial charge in [0.05, 0.1) is 0 Å². The Hall–Kier alpha value is -1.37. The van der Waals surface area contributed by atoms with Crippen molar-refractivity contribution in [3.8, 4) is 0 Å². The highest BCUT2D eigenvalue weighted by molar-refractivity contribution is 5.67. The zero-order chi connectivity index (χ0) is 11.6. The van der Waals surface area contributed by atoms with E-state index < -0.39 is 0 Å². The fraction of sp³-hybridized carbons (Fsp3) is 0.400. The zero-order valence-electron chi connectivity index (χ0n) is 9.99. The summed E-state index contributed by atoms with van der Waals surface area (Å²) in [6.45, 7) is 4.43. The highest BCUT2D eigenvalue weighted by Gasteiger charge is 2.29. The molecular weight excluding hydrogens is 196 g/mol. The summed E-state index contributed by atoms with van der Waals surface area (Å²) >= 11 is 0. The normalized spacial score (nSPS) is 21.2. The van der Waals surface area contributed by atoms with E-state index in [1.165, 1.54) is 16.7 Å². The van der Waals surface area contributed by atoms with E-state index >= 15 is 0 Å². The molecule has 0 amide bonds. The summed E-state index contributed by atoms with van der Waals surface area (Å²) in [6.07, 6.45) is 5.96. The molecule has 0 radical (unpaired) electrons. The van der Waals surface area contributed by atoms with Gasteiger partial charge in [-0.25, -0.2) is 0 Å².